The fourth-order valence-electron chi connectivity index (χ4n) is 2.59. The third-order valence-electron chi connectivity index (χ3n) is 3.41. The molecule has 1 aliphatic heterocycles. The molecule has 1 saturated heterocycles. The average Bonchev–Trinajstić information content (AvgIpc) is 2.26. The summed E-state index contributed by atoms with van der Waals surface area (Å²) in [6.07, 6.45) is 0.867. The number of piperidine rings is 1. The van der Waals surface area contributed by atoms with Gasteiger partial charge in [0.2, 0.25) is 10.0 Å². The molecular formula is C13H19ClN2O2S. The summed E-state index contributed by atoms with van der Waals surface area (Å²) in [6, 6.07) is 4.75. The second-order valence-electron chi connectivity index (χ2n) is 5.33. The van der Waals surface area contributed by atoms with Crippen molar-refractivity contribution in [2.24, 2.45) is 11.7 Å². The van der Waals surface area contributed by atoms with Crippen molar-refractivity contribution >= 4 is 21.6 Å². The zero-order valence-electron chi connectivity index (χ0n) is 11.1. The van der Waals surface area contributed by atoms with Crippen LogP contribution in [0, 0.1) is 12.8 Å². The lowest BCUT2D eigenvalue weighted by Crippen LogP contribution is -2.48. The van der Waals surface area contributed by atoms with Crippen molar-refractivity contribution in [3.63, 3.8) is 0 Å². The van der Waals surface area contributed by atoms with Crippen LogP contribution < -0.4 is 5.73 Å². The Morgan fingerprint density at radius 2 is 2.05 bits per heavy atom. The van der Waals surface area contributed by atoms with Crippen LogP contribution in [0.15, 0.2) is 23.1 Å². The van der Waals surface area contributed by atoms with Gasteiger partial charge < -0.3 is 5.73 Å². The number of nitrogens with zero attached hydrogens (tertiary/aromatic N) is 1. The highest BCUT2D eigenvalue weighted by Gasteiger charge is 2.32. The lowest BCUT2D eigenvalue weighted by atomic mass is 9.99. The van der Waals surface area contributed by atoms with Gasteiger partial charge in [-0.15, -0.1) is 0 Å². The summed E-state index contributed by atoms with van der Waals surface area (Å²) in [7, 11) is -3.48. The maximum Gasteiger partial charge on any atom is 0.243 e. The Bertz CT molecular complexity index is 564. The molecule has 1 aromatic carbocycles. The van der Waals surface area contributed by atoms with Gasteiger partial charge in [-0.2, -0.15) is 4.31 Å². The van der Waals surface area contributed by atoms with Gasteiger partial charge in [-0.1, -0.05) is 18.5 Å². The second kappa shape index (κ2) is 5.40. The van der Waals surface area contributed by atoms with E-state index in [2.05, 4.69) is 0 Å². The smallest absolute Gasteiger partial charge is 0.243 e. The van der Waals surface area contributed by atoms with Crippen LogP contribution in [0.2, 0.25) is 5.02 Å². The molecular weight excluding hydrogens is 284 g/mol. The van der Waals surface area contributed by atoms with Gasteiger partial charge in [-0.25, -0.2) is 8.42 Å². The molecule has 106 valence electrons. The molecule has 4 nitrogen and oxygen atoms in total. The van der Waals surface area contributed by atoms with Crippen molar-refractivity contribution < 1.29 is 8.42 Å². The molecule has 1 heterocycles. The molecule has 1 aliphatic rings. The summed E-state index contributed by atoms with van der Waals surface area (Å²) in [5.74, 6) is 0.283. The zero-order valence-corrected chi connectivity index (χ0v) is 12.7. The van der Waals surface area contributed by atoms with Gasteiger partial charge in [0.05, 0.1) is 4.90 Å². The molecule has 0 aromatic heterocycles. The molecule has 19 heavy (non-hydrogen) atoms. The first-order valence-corrected chi connectivity index (χ1v) is 8.14. The molecule has 0 aliphatic carbocycles. The molecule has 2 rings (SSSR count). The van der Waals surface area contributed by atoms with E-state index in [0.717, 1.165) is 6.42 Å². The van der Waals surface area contributed by atoms with Crippen LogP contribution in [0.5, 0.6) is 0 Å². The summed E-state index contributed by atoms with van der Waals surface area (Å²) in [6.45, 7) is 4.69. The normalized spacial score (nSPS) is 25.5. The highest BCUT2D eigenvalue weighted by molar-refractivity contribution is 7.89. The van der Waals surface area contributed by atoms with E-state index in [0.29, 0.717) is 28.6 Å². The van der Waals surface area contributed by atoms with Crippen LogP contribution in [0.25, 0.3) is 0 Å². The number of rotatable bonds is 2. The minimum Gasteiger partial charge on any atom is -0.326 e. The molecule has 1 aromatic rings. The van der Waals surface area contributed by atoms with Crippen molar-refractivity contribution in [3.8, 4) is 0 Å². The fourth-order valence-corrected chi connectivity index (χ4v) is 4.64. The minimum absolute atomic E-state index is 0.0915. The van der Waals surface area contributed by atoms with Crippen molar-refractivity contribution in [1.29, 1.82) is 0 Å². The first kappa shape index (κ1) is 14.8. The number of sulfonamides is 1. The minimum atomic E-state index is -3.48. The van der Waals surface area contributed by atoms with E-state index in [1.165, 1.54) is 4.31 Å². The van der Waals surface area contributed by atoms with Crippen molar-refractivity contribution in [3.05, 3.63) is 28.8 Å². The average molecular weight is 303 g/mol. The molecule has 0 saturated carbocycles. The Hall–Kier alpha value is -0.620. The number of aryl methyl sites for hydroxylation is 1. The van der Waals surface area contributed by atoms with Crippen LogP contribution in [0.1, 0.15) is 18.9 Å². The monoisotopic (exact) mass is 302 g/mol. The third kappa shape index (κ3) is 3.11. The van der Waals surface area contributed by atoms with E-state index in [-0.39, 0.29) is 12.0 Å². The molecule has 6 heteroatoms. The highest BCUT2D eigenvalue weighted by Crippen LogP contribution is 2.26. The number of benzene rings is 1. The summed E-state index contributed by atoms with van der Waals surface area (Å²) >= 11 is 5.87. The molecule has 1 fully saturated rings. The standard InChI is InChI=1S/C13H19ClN2O2S/c1-9-5-12(15)8-16(7-9)19(17,18)13-4-3-11(14)6-10(13)2/h3-4,6,9,12H,5,7-8,15H2,1-2H3. The van der Waals surface area contributed by atoms with E-state index in [4.69, 9.17) is 17.3 Å². The van der Waals surface area contributed by atoms with Crippen LogP contribution in [-0.4, -0.2) is 31.9 Å². The van der Waals surface area contributed by atoms with Gasteiger partial charge in [-0.3, -0.25) is 0 Å². The summed E-state index contributed by atoms with van der Waals surface area (Å²) in [5.41, 5.74) is 6.59. The SMILES string of the molecule is Cc1cc(Cl)ccc1S(=O)(=O)N1CC(C)CC(N)C1. The van der Waals surface area contributed by atoms with E-state index in [1.807, 2.05) is 6.92 Å². The molecule has 2 unspecified atom stereocenters. The van der Waals surface area contributed by atoms with E-state index in [1.54, 1.807) is 25.1 Å². The van der Waals surface area contributed by atoms with Crippen molar-refractivity contribution in [1.82, 2.24) is 4.31 Å². The largest absolute Gasteiger partial charge is 0.326 e. The lowest BCUT2D eigenvalue weighted by Gasteiger charge is -2.34. The Balaban J connectivity index is 2.36. The van der Waals surface area contributed by atoms with E-state index in [9.17, 15) is 8.42 Å². The zero-order chi connectivity index (χ0) is 14.2. The second-order valence-corrected chi connectivity index (χ2v) is 7.68. The first-order chi connectivity index (χ1) is 8.80. The molecule has 0 bridgehead atoms. The van der Waals surface area contributed by atoms with E-state index >= 15 is 0 Å². The summed E-state index contributed by atoms with van der Waals surface area (Å²) < 4.78 is 26.8. The van der Waals surface area contributed by atoms with Gasteiger partial charge >= 0.3 is 0 Å². The Labute approximate surface area is 119 Å². The number of hydrogen-bond donors (Lipinski definition) is 1. The number of hydrogen-bond acceptors (Lipinski definition) is 3. The molecule has 2 atom stereocenters. The number of nitrogens with two attached hydrogens (primary N) is 1. The molecule has 0 radical (unpaired) electrons. The molecule has 0 amide bonds. The van der Waals surface area contributed by atoms with Crippen LogP contribution in [0.4, 0.5) is 0 Å². The molecule has 2 N–H and O–H groups in total. The topological polar surface area (TPSA) is 63.4 Å². The quantitative estimate of drug-likeness (QED) is 0.909. The maximum atomic E-state index is 12.6. The van der Waals surface area contributed by atoms with Gasteiger partial charge in [-0.05, 0) is 43.0 Å². The molecule has 0 spiro atoms. The van der Waals surface area contributed by atoms with Gasteiger partial charge in [0.25, 0.3) is 0 Å². The fraction of sp³-hybridized carbons (Fsp3) is 0.538. The summed E-state index contributed by atoms with van der Waals surface area (Å²) in [4.78, 5) is 0.318. The van der Waals surface area contributed by atoms with Crippen LogP contribution in [0.3, 0.4) is 0 Å². The predicted octanol–water partition coefficient (Wildman–Crippen LogP) is 2.01. The third-order valence-corrected chi connectivity index (χ3v) is 5.64. The summed E-state index contributed by atoms with van der Waals surface area (Å²) in [5, 5.41) is 0.542. The lowest BCUT2D eigenvalue weighted by molar-refractivity contribution is 0.254. The van der Waals surface area contributed by atoms with Crippen LogP contribution >= 0.6 is 11.6 Å². The van der Waals surface area contributed by atoms with Gasteiger partial charge in [0.15, 0.2) is 0 Å². The predicted molar refractivity (Wildman–Crippen MR) is 76.7 cm³/mol. The highest BCUT2D eigenvalue weighted by atomic mass is 35.5. The van der Waals surface area contributed by atoms with E-state index < -0.39 is 10.0 Å². The number of halogens is 1. The maximum absolute atomic E-state index is 12.6. The Morgan fingerprint density at radius 1 is 1.37 bits per heavy atom. The van der Waals surface area contributed by atoms with Gasteiger partial charge in [0.1, 0.15) is 0 Å². The van der Waals surface area contributed by atoms with Crippen LogP contribution in [-0.2, 0) is 10.0 Å². The first-order valence-electron chi connectivity index (χ1n) is 6.32. The Morgan fingerprint density at radius 3 is 2.63 bits per heavy atom. The van der Waals surface area contributed by atoms with Crippen molar-refractivity contribution in [2.45, 2.75) is 31.2 Å². The van der Waals surface area contributed by atoms with Crippen molar-refractivity contribution in [2.75, 3.05) is 13.1 Å². The van der Waals surface area contributed by atoms with Gasteiger partial charge in [0, 0.05) is 24.2 Å². The Kier molecular flexibility index (Phi) is 4.20.